The van der Waals surface area contributed by atoms with E-state index in [2.05, 4.69) is 6.07 Å². The summed E-state index contributed by atoms with van der Waals surface area (Å²) in [6, 6.07) is 13.8. The molecule has 0 heterocycles. The fraction of sp³-hybridized carbons (Fsp3) is 0.278. The third kappa shape index (κ3) is 3.95. The molecule has 0 atom stereocenters. The molecular formula is C18H20O2. The predicted octanol–water partition coefficient (Wildman–Crippen LogP) is 4.26. The highest BCUT2D eigenvalue weighted by Crippen LogP contribution is 2.14. The van der Waals surface area contributed by atoms with Crippen LogP contribution in [-0.2, 0) is 0 Å². The zero-order valence-corrected chi connectivity index (χ0v) is 12.3. The minimum atomic E-state index is 0.129. The molecule has 0 fully saturated rings. The Bertz CT molecular complexity index is 594. The van der Waals surface area contributed by atoms with E-state index in [0.29, 0.717) is 13.0 Å². The van der Waals surface area contributed by atoms with E-state index in [4.69, 9.17) is 4.74 Å². The van der Waals surface area contributed by atoms with E-state index in [-0.39, 0.29) is 5.78 Å². The molecule has 2 aromatic carbocycles. The van der Waals surface area contributed by atoms with Crippen LogP contribution in [0.4, 0.5) is 0 Å². The van der Waals surface area contributed by atoms with Crippen molar-refractivity contribution in [1.29, 1.82) is 0 Å². The first-order valence-electron chi connectivity index (χ1n) is 6.85. The third-order valence-corrected chi connectivity index (χ3v) is 3.13. The van der Waals surface area contributed by atoms with Crippen LogP contribution in [-0.4, -0.2) is 12.4 Å². The molecule has 2 aromatic rings. The first-order chi connectivity index (χ1) is 9.54. The Kier molecular flexibility index (Phi) is 4.57. The van der Waals surface area contributed by atoms with Gasteiger partial charge >= 0.3 is 0 Å². The maximum atomic E-state index is 12.1. The van der Waals surface area contributed by atoms with Crippen LogP contribution in [0.15, 0.2) is 42.5 Å². The highest BCUT2D eigenvalue weighted by Gasteiger charge is 2.07. The molecule has 104 valence electrons. The average molecular weight is 268 g/mol. The molecule has 2 rings (SSSR count). The lowest BCUT2D eigenvalue weighted by atomic mass is 10.0. The SMILES string of the molecule is Cc1cccc(OCCC(=O)c2cc(C)cc(C)c2)c1. The summed E-state index contributed by atoms with van der Waals surface area (Å²) in [4.78, 5) is 12.1. The van der Waals surface area contributed by atoms with Gasteiger partial charge in [-0.3, -0.25) is 4.79 Å². The Labute approximate surface area is 120 Å². The van der Waals surface area contributed by atoms with Crippen LogP contribution in [0.2, 0.25) is 0 Å². The quantitative estimate of drug-likeness (QED) is 0.757. The van der Waals surface area contributed by atoms with Gasteiger partial charge in [0.15, 0.2) is 5.78 Å². The van der Waals surface area contributed by atoms with Crippen LogP contribution >= 0.6 is 0 Å². The van der Waals surface area contributed by atoms with Crippen molar-refractivity contribution in [3.8, 4) is 5.75 Å². The molecule has 0 saturated carbocycles. The van der Waals surface area contributed by atoms with Gasteiger partial charge in [-0.15, -0.1) is 0 Å². The van der Waals surface area contributed by atoms with Crippen molar-refractivity contribution in [2.45, 2.75) is 27.2 Å². The average Bonchev–Trinajstić information content (AvgIpc) is 2.37. The topological polar surface area (TPSA) is 26.3 Å². The van der Waals surface area contributed by atoms with Crippen molar-refractivity contribution >= 4 is 5.78 Å². The van der Waals surface area contributed by atoms with E-state index in [1.807, 2.05) is 57.2 Å². The molecule has 0 spiro atoms. The van der Waals surface area contributed by atoms with Crippen molar-refractivity contribution in [3.63, 3.8) is 0 Å². The number of hydrogen-bond acceptors (Lipinski definition) is 2. The van der Waals surface area contributed by atoms with E-state index < -0.39 is 0 Å². The van der Waals surface area contributed by atoms with Crippen molar-refractivity contribution in [2.75, 3.05) is 6.61 Å². The van der Waals surface area contributed by atoms with E-state index in [0.717, 1.165) is 28.0 Å². The largest absolute Gasteiger partial charge is 0.493 e. The van der Waals surface area contributed by atoms with Crippen molar-refractivity contribution in [3.05, 3.63) is 64.7 Å². The standard InChI is InChI=1S/C18H20O2/c1-13-5-4-6-17(12-13)20-8-7-18(19)16-10-14(2)9-15(3)11-16/h4-6,9-12H,7-8H2,1-3H3. The molecule has 0 bridgehead atoms. The van der Waals surface area contributed by atoms with Crippen LogP contribution in [0.25, 0.3) is 0 Å². The number of carbonyl (C=O) groups is 1. The summed E-state index contributed by atoms with van der Waals surface area (Å²) in [6.45, 7) is 6.45. The van der Waals surface area contributed by atoms with Crippen LogP contribution in [0, 0.1) is 20.8 Å². The van der Waals surface area contributed by atoms with Crippen molar-refractivity contribution in [2.24, 2.45) is 0 Å². The molecule has 20 heavy (non-hydrogen) atoms. The molecule has 0 N–H and O–H groups in total. The summed E-state index contributed by atoms with van der Waals surface area (Å²) < 4.78 is 5.62. The number of benzene rings is 2. The fourth-order valence-electron chi connectivity index (χ4n) is 2.25. The number of ketones is 1. The molecule has 2 nitrogen and oxygen atoms in total. The highest BCUT2D eigenvalue weighted by molar-refractivity contribution is 5.96. The first-order valence-corrected chi connectivity index (χ1v) is 6.85. The third-order valence-electron chi connectivity index (χ3n) is 3.13. The van der Waals surface area contributed by atoms with Crippen LogP contribution in [0.1, 0.15) is 33.5 Å². The summed E-state index contributed by atoms with van der Waals surface area (Å²) in [6.07, 6.45) is 0.400. The van der Waals surface area contributed by atoms with Gasteiger partial charge in [0.05, 0.1) is 6.61 Å². The molecule has 0 aliphatic carbocycles. The summed E-state index contributed by atoms with van der Waals surface area (Å²) >= 11 is 0. The molecule has 0 saturated heterocycles. The Morgan fingerprint density at radius 2 is 1.65 bits per heavy atom. The maximum absolute atomic E-state index is 12.1. The van der Waals surface area contributed by atoms with Gasteiger partial charge < -0.3 is 4.74 Å². The molecule has 0 radical (unpaired) electrons. The molecule has 0 aromatic heterocycles. The first kappa shape index (κ1) is 14.3. The minimum Gasteiger partial charge on any atom is -0.493 e. The Morgan fingerprint density at radius 1 is 0.950 bits per heavy atom. The van der Waals surface area contributed by atoms with Gasteiger partial charge in [0, 0.05) is 12.0 Å². The van der Waals surface area contributed by atoms with E-state index in [9.17, 15) is 4.79 Å². The number of hydrogen-bond donors (Lipinski definition) is 0. The molecule has 0 amide bonds. The molecular weight excluding hydrogens is 248 g/mol. The smallest absolute Gasteiger partial charge is 0.166 e. The monoisotopic (exact) mass is 268 g/mol. The van der Waals surface area contributed by atoms with Gasteiger partial charge in [-0.2, -0.15) is 0 Å². The van der Waals surface area contributed by atoms with E-state index in [1.54, 1.807) is 0 Å². The summed E-state index contributed by atoms with van der Waals surface area (Å²) in [7, 11) is 0. The van der Waals surface area contributed by atoms with Crippen molar-refractivity contribution in [1.82, 2.24) is 0 Å². The lowest BCUT2D eigenvalue weighted by Crippen LogP contribution is -2.07. The van der Waals surface area contributed by atoms with Crippen LogP contribution < -0.4 is 4.74 Å². The number of Topliss-reactive ketones (excluding diaryl/α,β-unsaturated/α-hetero) is 1. The second-order valence-corrected chi connectivity index (χ2v) is 5.21. The fourth-order valence-corrected chi connectivity index (χ4v) is 2.25. The van der Waals surface area contributed by atoms with Gasteiger partial charge in [-0.25, -0.2) is 0 Å². The van der Waals surface area contributed by atoms with Gasteiger partial charge in [-0.1, -0.05) is 29.3 Å². The summed E-state index contributed by atoms with van der Waals surface area (Å²) in [5.74, 6) is 0.947. The predicted molar refractivity (Wildman–Crippen MR) is 81.5 cm³/mol. The van der Waals surface area contributed by atoms with Crippen LogP contribution in [0.5, 0.6) is 5.75 Å². The summed E-state index contributed by atoms with van der Waals surface area (Å²) in [5.41, 5.74) is 4.17. The number of ether oxygens (including phenoxy) is 1. The number of carbonyl (C=O) groups excluding carboxylic acids is 1. The molecule has 0 unspecified atom stereocenters. The number of rotatable bonds is 5. The Morgan fingerprint density at radius 3 is 2.30 bits per heavy atom. The Hall–Kier alpha value is -2.09. The normalized spacial score (nSPS) is 10.3. The lowest BCUT2D eigenvalue weighted by Gasteiger charge is -2.07. The van der Waals surface area contributed by atoms with Gasteiger partial charge in [0.1, 0.15) is 5.75 Å². The molecule has 0 aliphatic rings. The van der Waals surface area contributed by atoms with Gasteiger partial charge in [0.25, 0.3) is 0 Å². The van der Waals surface area contributed by atoms with Crippen molar-refractivity contribution < 1.29 is 9.53 Å². The van der Waals surface area contributed by atoms with Crippen LogP contribution in [0.3, 0.4) is 0 Å². The second kappa shape index (κ2) is 6.38. The zero-order valence-electron chi connectivity index (χ0n) is 12.3. The summed E-state index contributed by atoms with van der Waals surface area (Å²) in [5, 5.41) is 0. The molecule has 2 heteroatoms. The minimum absolute atomic E-state index is 0.129. The van der Waals surface area contributed by atoms with E-state index >= 15 is 0 Å². The Balaban J connectivity index is 1.92. The second-order valence-electron chi connectivity index (χ2n) is 5.21. The van der Waals surface area contributed by atoms with E-state index in [1.165, 1.54) is 0 Å². The van der Waals surface area contributed by atoms with Gasteiger partial charge in [0.2, 0.25) is 0 Å². The zero-order chi connectivity index (χ0) is 14.5. The highest BCUT2D eigenvalue weighted by atomic mass is 16.5. The maximum Gasteiger partial charge on any atom is 0.166 e. The van der Waals surface area contributed by atoms with Gasteiger partial charge in [-0.05, 0) is 50.6 Å². The lowest BCUT2D eigenvalue weighted by molar-refractivity contribution is 0.0962. The number of aryl methyl sites for hydroxylation is 3. The molecule has 0 aliphatic heterocycles.